The van der Waals surface area contributed by atoms with Crippen molar-refractivity contribution >= 4 is 10.9 Å². The average Bonchev–Trinajstić information content (AvgIpc) is 3.34. The first-order valence-corrected chi connectivity index (χ1v) is 9.18. The number of hydrogen-bond acceptors (Lipinski definition) is 5. The van der Waals surface area contributed by atoms with Crippen LogP contribution in [0.2, 0.25) is 0 Å². The minimum Gasteiger partial charge on any atom is -0.339 e. The van der Waals surface area contributed by atoms with E-state index in [4.69, 9.17) is 4.52 Å². The third-order valence-electron chi connectivity index (χ3n) is 5.02. The maximum absolute atomic E-state index is 5.27. The number of aromatic nitrogens is 4. The fourth-order valence-corrected chi connectivity index (χ4v) is 3.63. The minimum atomic E-state index is 0.296. The third-order valence-corrected chi connectivity index (χ3v) is 5.02. The van der Waals surface area contributed by atoms with Crippen molar-refractivity contribution in [2.75, 3.05) is 19.6 Å². The molecule has 1 N–H and O–H groups in total. The molecule has 3 heterocycles. The van der Waals surface area contributed by atoms with Crippen molar-refractivity contribution in [3.8, 4) is 0 Å². The molecule has 0 spiro atoms. The number of likely N-dealkylation sites (tertiary alicyclic amines) is 1. The lowest BCUT2D eigenvalue weighted by molar-refractivity contribution is 0.325. The highest BCUT2D eigenvalue weighted by atomic mass is 16.5. The summed E-state index contributed by atoms with van der Waals surface area (Å²) in [5.74, 6) is 2.41. The first-order chi connectivity index (χ1) is 12.2. The third kappa shape index (κ3) is 3.44. The van der Waals surface area contributed by atoms with E-state index in [0.29, 0.717) is 11.8 Å². The van der Waals surface area contributed by atoms with Crippen molar-refractivity contribution in [1.82, 2.24) is 25.2 Å². The Labute approximate surface area is 147 Å². The summed E-state index contributed by atoms with van der Waals surface area (Å²) in [5, 5.41) is 13.0. The van der Waals surface area contributed by atoms with Crippen molar-refractivity contribution in [3.05, 3.63) is 41.7 Å². The number of benzene rings is 1. The van der Waals surface area contributed by atoms with Crippen LogP contribution in [0.4, 0.5) is 0 Å². The number of rotatable bonds is 6. The molecule has 2 aromatic heterocycles. The van der Waals surface area contributed by atoms with Gasteiger partial charge < -0.3 is 9.42 Å². The molecular formula is C19H25N5O. The molecule has 1 unspecified atom stereocenters. The smallest absolute Gasteiger partial charge is 0.229 e. The van der Waals surface area contributed by atoms with Gasteiger partial charge in [-0.15, -0.1) is 0 Å². The second-order valence-corrected chi connectivity index (χ2v) is 7.25. The molecule has 3 aromatic rings. The molecule has 25 heavy (non-hydrogen) atoms. The minimum absolute atomic E-state index is 0.296. The molecule has 0 saturated carbocycles. The van der Waals surface area contributed by atoms with Crippen LogP contribution in [0.15, 0.2) is 28.8 Å². The summed E-state index contributed by atoms with van der Waals surface area (Å²) in [6.07, 6.45) is 3.13. The van der Waals surface area contributed by atoms with E-state index >= 15 is 0 Å². The van der Waals surface area contributed by atoms with Crippen molar-refractivity contribution in [3.63, 3.8) is 0 Å². The highest BCUT2D eigenvalue weighted by molar-refractivity contribution is 5.81. The van der Waals surface area contributed by atoms with Crippen molar-refractivity contribution in [2.45, 2.75) is 44.9 Å². The molecule has 0 amide bonds. The van der Waals surface area contributed by atoms with E-state index in [-0.39, 0.29) is 0 Å². The lowest BCUT2D eigenvalue weighted by Crippen LogP contribution is -2.22. The summed E-state index contributed by atoms with van der Waals surface area (Å²) in [6.45, 7) is 7.45. The van der Waals surface area contributed by atoms with E-state index in [2.05, 4.69) is 57.3 Å². The van der Waals surface area contributed by atoms with Gasteiger partial charge in [-0.25, -0.2) is 0 Å². The topological polar surface area (TPSA) is 70.8 Å². The molecule has 1 aliphatic rings. The van der Waals surface area contributed by atoms with Gasteiger partial charge in [-0.1, -0.05) is 37.2 Å². The molecule has 1 atom stereocenters. The number of H-pyrrole nitrogens is 1. The number of nitrogens with zero attached hydrogens (tertiary/aromatic N) is 4. The van der Waals surface area contributed by atoms with E-state index in [9.17, 15) is 0 Å². The van der Waals surface area contributed by atoms with Crippen LogP contribution in [0.5, 0.6) is 0 Å². The van der Waals surface area contributed by atoms with Crippen molar-refractivity contribution in [2.24, 2.45) is 0 Å². The van der Waals surface area contributed by atoms with E-state index in [1.165, 1.54) is 17.5 Å². The van der Waals surface area contributed by atoms with Crippen LogP contribution < -0.4 is 0 Å². The van der Waals surface area contributed by atoms with Crippen molar-refractivity contribution < 1.29 is 4.52 Å². The van der Waals surface area contributed by atoms with E-state index in [1.807, 2.05) is 6.07 Å². The van der Waals surface area contributed by atoms with E-state index in [1.54, 1.807) is 0 Å². The van der Waals surface area contributed by atoms with Crippen LogP contribution in [0.25, 0.3) is 10.9 Å². The fraction of sp³-hybridized carbons (Fsp3) is 0.526. The Balaban J connectivity index is 1.30. The SMILES string of the molecule is CC(C)c1nc(CCCN2CCC(c3[nH]nc4ccccc34)C2)no1. The Bertz CT molecular complexity index is 837. The first kappa shape index (κ1) is 16.3. The molecule has 4 rings (SSSR count). The predicted molar refractivity (Wildman–Crippen MR) is 96.6 cm³/mol. The Morgan fingerprint density at radius 3 is 3.04 bits per heavy atom. The zero-order chi connectivity index (χ0) is 17.2. The maximum Gasteiger partial charge on any atom is 0.229 e. The largest absolute Gasteiger partial charge is 0.339 e. The van der Waals surface area contributed by atoms with Gasteiger partial charge in [-0.05, 0) is 32.0 Å². The lowest BCUT2D eigenvalue weighted by Gasteiger charge is -2.15. The summed E-state index contributed by atoms with van der Waals surface area (Å²) in [6, 6.07) is 8.36. The van der Waals surface area contributed by atoms with Gasteiger partial charge in [0, 0.05) is 35.9 Å². The first-order valence-electron chi connectivity index (χ1n) is 9.18. The normalized spacial score (nSPS) is 18.6. The van der Waals surface area contributed by atoms with E-state index in [0.717, 1.165) is 49.7 Å². The molecule has 1 aromatic carbocycles. The molecule has 0 aliphatic carbocycles. The number of nitrogens with one attached hydrogen (secondary N) is 1. The number of aryl methyl sites for hydroxylation is 1. The number of para-hydroxylation sites is 1. The van der Waals surface area contributed by atoms with Gasteiger partial charge in [0.2, 0.25) is 5.89 Å². The summed E-state index contributed by atoms with van der Waals surface area (Å²) >= 11 is 0. The fourth-order valence-electron chi connectivity index (χ4n) is 3.63. The summed E-state index contributed by atoms with van der Waals surface area (Å²) in [5.41, 5.74) is 2.35. The summed E-state index contributed by atoms with van der Waals surface area (Å²) in [7, 11) is 0. The molecule has 6 heteroatoms. The Hall–Kier alpha value is -2.21. The van der Waals surface area contributed by atoms with Crippen molar-refractivity contribution in [1.29, 1.82) is 0 Å². The number of fused-ring (bicyclic) bond motifs is 1. The van der Waals surface area contributed by atoms with Crippen LogP contribution in [0.3, 0.4) is 0 Å². The predicted octanol–water partition coefficient (Wildman–Crippen LogP) is 3.49. The molecule has 0 bridgehead atoms. The Kier molecular flexibility index (Phi) is 4.53. The van der Waals surface area contributed by atoms with Crippen LogP contribution in [0, 0.1) is 0 Å². The molecule has 6 nitrogen and oxygen atoms in total. The van der Waals surface area contributed by atoms with Crippen LogP contribution in [-0.2, 0) is 6.42 Å². The second kappa shape index (κ2) is 6.96. The zero-order valence-corrected chi connectivity index (χ0v) is 14.9. The van der Waals surface area contributed by atoms with Gasteiger partial charge >= 0.3 is 0 Å². The highest BCUT2D eigenvalue weighted by Crippen LogP contribution is 2.30. The monoisotopic (exact) mass is 339 g/mol. The number of aromatic amines is 1. The highest BCUT2D eigenvalue weighted by Gasteiger charge is 2.26. The molecular weight excluding hydrogens is 314 g/mol. The summed E-state index contributed by atoms with van der Waals surface area (Å²) in [4.78, 5) is 6.99. The van der Waals surface area contributed by atoms with Gasteiger partial charge in [0.1, 0.15) is 0 Å². The maximum atomic E-state index is 5.27. The Morgan fingerprint density at radius 2 is 2.20 bits per heavy atom. The molecule has 0 radical (unpaired) electrons. The van der Waals surface area contributed by atoms with Gasteiger partial charge in [-0.3, -0.25) is 5.10 Å². The molecule has 1 saturated heterocycles. The van der Waals surface area contributed by atoms with Crippen LogP contribution >= 0.6 is 0 Å². The number of hydrogen-bond donors (Lipinski definition) is 1. The second-order valence-electron chi connectivity index (χ2n) is 7.25. The molecule has 132 valence electrons. The van der Waals surface area contributed by atoms with Gasteiger partial charge in [0.05, 0.1) is 5.52 Å². The quantitative estimate of drug-likeness (QED) is 0.744. The molecule has 1 fully saturated rings. The van der Waals surface area contributed by atoms with Crippen LogP contribution in [-0.4, -0.2) is 44.9 Å². The standard InChI is InChI=1S/C19H25N5O/c1-13(2)19-20-17(23-25-19)8-5-10-24-11-9-14(12-24)18-15-6-3-4-7-16(15)21-22-18/h3-4,6-7,13-14H,5,8-12H2,1-2H3,(H,21,22). The van der Waals surface area contributed by atoms with Gasteiger partial charge in [-0.2, -0.15) is 10.1 Å². The van der Waals surface area contributed by atoms with Gasteiger partial charge in [0.25, 0.3) is 0 Å². The van der Waals surface area contributed by atoms with Crippen LogP contribution in [0.1, 0.15) is 55.9 Å². The Morgan fingerprint density at radius 1 is 1.32 bits per heavy atom. The zero-order valence-electron chi connectivity index (χ0n) is 14.9. The van der Waals surface area contributed by atoms with Gasteiger partial charge in [0.15, 0.2) is 5.82 Å². The molecule has 1 aliphatic heterocycles. The van der Waals surface area contributed by atoms with E-state index < -0.39 is 0 Å². The lowest BCUT2D eigenvalue weighted by atomic mass is 10.0. The summed E-state index contributed by atoms with van der Waals surface area (Å²) < 4.78 is 5.27. The average molecular weight is 339 g/mol.